The molecule has 0 amide bonds. The maximum Gasteiger partial charge on any atom is 0.384 e. The second kappa shape index (κ2) is 9.71. The Morgan fingerprint density at radius 3 is 1.00 bits per heavy atom. The van der Waals surface area contributed by atoms with E-state index in [1.165, 1.54) is 12.1 Å². The molecule has 160 valence electrons. The summed E-state index contributed by atoms with van der Waals surface area (Å²) in [5.41, 5.74) is 0. The summed E-state index contributed by atoms with van der Waals surface area (Å²) < 4.78 is 18.3. The molecule has 0 aromatic heterocycles. The van der Waals surface area contributed by atoms with E-state index < -0.39 is 17.1 Å². The van der Waals surface area contributed by atoms with Gasteiger partial charge in [-0.2, -0.15) is 0 Å². The fourth-order valence-corrected chi connectivity index (χ4v) is 10.9. The lowest BCUT2D eigenvalue weighted by atomic mass is 10.3. The van der Waals surface area contributed by atoms with Crippen LogP contribution in [0.2, 0.25) is 66.4 Å². The van der Waals surface area contributed by atoms with E-state index in [9.17, 15) is 0 Å². The van der Waals surface area contributed by atoms with Crippen molar-refractivity contribution in [3.8, 4) is 11.5 Å². The Morgan fingerprint density at radius 2 is 0.759 bits per heavy atom. The van der Waals surface area contributed by atoms with Crippen molar-refractivity contribution in [2.45, 2.75) is 26.2 Å². The van der Waals surface area contributed by atoms with E-state index >= 15 is 0 Å². The van der Waals surface area contributed by atoms with E-state index in [4.69, 9.17) is 106 Å². The van der Waals surface area contributed by atoms with Gasteiger partial charge in [-0.3, -0.25) is 0 Å². The van der Waals surface area contributed by atoms with Gasteiger partial charge in [0.05, 0.1) is 20.1 Å². The summed E-state index contributed by atoms with van der Waals surface area (Å²) in [5.74, 6) is 0.295. The summed E-state index contributed by atoms with van der Waals surface area (Å²) in [7, 11) is -5.81. The van der Waals surface area contributed by atoms with Crippen LogP contribution in [0.4, 0.5) is 0 Å². The lowest BCUT2D eigenvalue weighted by molar-refractivity contribution is 0.334. The summed E-state index contributed by atoms with van der Waals surface area (Å²) in [5, 5.41) is 1.39. The van der Waals surface area contributed by atoms with E-state index in [2.05, 4.69) is 0 Å². The van der Waals surface area contributed by atoms with Gasteiger partial charge >= 0.3 is 17.1 Å². The molecule has 0 spiro atoms. The largest absolute Gasteiger partial charge is 0.518 e. The Balaban J connectivity index is 2.31. The van der Waals surface area contributed by atoms with E-state index in [1.807, 2.05) is 0 Å². The first-order valence-corrected chi connectivity index (χ1v) is 16.5. The van der Waals surface area contributed by atoms with E-state index in [0.29, 0.717) is 0 Å². The standard InChI is InChI=1S/C16H14Cl8O3Si2/c1-28(2,25-15-11(21)7(17)5-8(18)12(15)22)27-29(3,4)26-16-13(23)9(19)6-10(20)14(16)24/h5-6H,1-4H3. The summed E-state index contributed by atoms with van der Waals surface area (Å²) in [6.45, 7) is 7.17. The minimum absolute atomic E-state index is 0.137. The van der Waals surface area contributed by atoms with Crippen LogP contribution in [0.25, 0.3) is 0 Å². The highest BCUT2D eigenvalue weighted by Crippen LogP contribution is 2.45. The molecule has 0 heterocycles. The maximum atomic E-state index is 6.24. The van der Waals surface area contributed by atoms with Gasteiger partial charge in [-0.15, -0.1) is 0 Å². The fraction of sp³-hybridized carbons (Fsp3) is 0.250. The SMILES string of the molecule is C[Si](C)(Oc1c(Cl)c(Cl)cc(Cl)c1Cl)O[Si](C)(C)Oc1c(Cl)c(Cl)cc(Cl)c1Cl. The lowest BCUT2D eigenvalue weighted by Gasteiger charge is -2.34. The van der Waals surface area contributed by atoms with Gasteiger partial charge in [0.25, 0.3) is 0 Å². The van der Waals surface area contributed by atoms with E-state index in [1.54, 1.807) is 26.2 Å². The van der Waals surface area contributed by atoms with Crippen molar-refractivity contribution < 1.29 is 13.0 Å². The van der Waals surface area contributed by atoms with Crippen LogP contribution >= 0.6 is 92.8 Å². The molecule has 0 N–H and O–H groups in total. The van der Waals surface area contributed by atoms with E-state index in [0.717, 1.165) is 0 Å². The Kier molecular flexibility index (Phi) is 8.71. The molecule has 0 bridgehead atoms. The Hall–Kier alpha value is 0.754. The van der Waals surface area contributed by atoms with Crippen molar-refractivity contribution in [2.24, 2.45) is 0 Å². The Labute approximate surface area is 211 Å². The fourth-order valence-electron chi connectivity index (χ4n) is 2.41. The highest BCUT2D eigenvalue weighted by Gasteiger charge is 2.41. The molecular weight excluding hydrogens is 580 g/mol. The minimum atomic E-state index is -2.91. The van der Waals surface area contributed by atoms with Crippen LogP contribution < -0.4 is 8.85 Å². The smallest absolute Gasteiger partial charge is 0.384 e. The first-order valence-electron chi connectivity index (χ1n) is 7.89. The zero-order valence-corrected chi connectivity index (χ0v) is 23.5. The second-order valence-corrected chi connectivity index (χ2v) is 16.7. The van der Waals surface area contributed by atoms with Crippen LogP contribution in [0.3, 0.4) is 0 Å². The third kappa shape index (κ3) is 6.39. The van der Waals surface area contributed by atoms with Gasteiger partial charge in [-0.05, 0) is 38.3 Å². The maximum absolute atomic E-state index is 6.24. The molecule has 0 aliphatic carbocycles. The number of benzene rings is 2. The first kappa shape index (κ1) is 26.0. The topological polar surface area (TPSA) is 27.7 Å². The van der Waals surface area contributed by atoms with Crippen LogP contribution in [0.1, 0.15) is 0 Å². The summed E-state index contributed by atoms with van der Waals surface area (Å²) in [6, 6.07) is 2.87. The molecular formula is C16H14Cl8O3Si2. The van der Waals surface area contributed by atoms with Crippen LogP contribution in [0.5, 0.6) is 11.5 Å². The second-order valence-electron chi connectivity index (χ2n) is 6.70. The molecule has 0 saturated carbocycles. The quantitative estimate of drug-likeness (QED) is 0.246. The van der Waals surface area contributed by atoms with Crippen molar-refractivity contribution in [1.29, 1.82) is 0 Å². The first-order chi connectivity index (χ1) is 13.1. The molecule has 2 aromatic rings. The third-order valence-electron chi connectivity index (χ3n) is 3.33. The summed E-state index contributed by atoms with van der Waals surface area (Å²) in [6.07, 6.45) is 0. The van der Waals surface area contributed by atoms with Crippen molar-refractivity contribution >= 4 is 110 Å². The molecule has 2 rings (SSSR count). The average Bonchev–Trinajstić information content (AvgIpc) is 2.58. The van der Waals surface area contributed by atoms with Crippen LogP contribution in [0.15, 0.2) is 12.1 Å². The highest BCUT2D eigenvalue weighted by atomic mass is 35.5. The molecule has 3 nitrogen and oxygen atoms in total. The van der Waals surface area contributed by atoms with Crippen LogP contribution in [-0.4, -0.2) is 17.1 Å². The van der Waals surface area contributed by atoms with E-state index in [-0.39, 0.29) is 51.7 Å². The Bertz CT molecular complexity index is 825. The molecule has 0 atom stereocenters. The Morgan fingerprint density at radius 1 is 0.517 bits per heavy atom. The molecule has 0 radical (unpaired) electrons. The van der Waals surface area contributed by atoms with Gasteiger partial charge in [0.2, 0.25) is 0 Å². The van der Waals surface area contributed by atoms with Crippen molar-refractivity contribution in [3.63, 3.8) is 0 Å². The monoisotopic (exact) mass is 590 g/mol. The molecule has 13 heteroatoms. The zero-order valence-electron chi connectivity index (χ0n) is 15.4. The zero-order chi connectivity index (χ0) is 22.3. The number of hydrogen-bond acceptors (Lipinski definition) is 3. The van der Waals surface area contributed by atoms with Gasteiger partial charge in [-0.1, -0.05) is 92.8 Å². The number of halogens is 8. The van der Waals surface area contributed by atoms with Gasteiger partial charge in [0, 0.05) is 0 Å². The number of rotatable bonds is 6. The normalized spacial score (nSPS) is 12.3. The molecule has 0 fully saturated rings. The van der Waals surface area contributed by atoms with Gasteiger partial charge in [0.1, 0.15) is 31.6 Å². The molecule has 0 saturated heterocycles. The predicted molar refractivity (Wildman–Crippen MR) is 130 cm³/mol. The molecule has 0 aliphatic rings. The minimum Gasteiger partial charge on any atom is -0.518 e. The van der Waals surface area contributed by atoms with Gasteiger partial charge < -0.3 is 13.0 Å². The van der Waals surface area contributed by atoms with Crippen LogP contribution in [-0.2, 0) is 4.12 Å². The summed E-state index contributed by atoms with van der Waals surface area (Å²) >= 11 is 49.2. The van der Waals surface area contributed by atoms with Crippen molar-refractivity contribution in [1.82, 2.24) is 0 Å². The number of hydrogen-bond donors (Lipinski definition) is 0. The van der Waals surface area contributed by atoms with Crippen LogP contribution in [0, 0.1) is 0 Å². The molecule has 0 aliphatic heterocycles. The third-order valence-corrected chi connectivity index (χ3v) is 11.7. The summed E-state index contributed by atoms with van der Waals surface area (Å²) in [4.78, 5) is 0. The highest BCUT2D eigenvalue weighted by molar-refractivity contribution is 6.79. The van der Waals surface area contributed by atoms with Crippen molar-refractivity contribution in [2.75, 3.05) is 0 Å². The predicted octanol–water partition coefficient (Wildman–Crippen LogP) is 9.79. The molecule has 29 heavy (non-hydrogen) atoms. The molecule has 0 unspecified atom stereocenters. The lowest BCUT2D eigenvalue weighted by Crippen LogP contribution is -2.52. The van der Waals surface area contributed by atoms with Crippen molar-refractivity contribution in [3.05, 3.63) is 52.3 Å². The van der Waals surface area contributed by atoms with Gasteiger partial charge in [0.15, 0.2) is 0 Å². The average molecular weight is 594 g/mol. The van der Waals surface area contributed by atoms with Gasteiger partial charge in [-0.25, -0.2) is 0 Å². The molecule has 2 aromatic carbocycles.